The molecule has 1 saturated carbocycles. The summed E-state index contributed by atoms with van der Waals surface area (Å²) in [7, 11) is 1.67. The van der Waals surface area contributed by atoms with Gasteiger partial charge in [-0.25, -0.2) is 0 Å². The van der Waals surface area contributed by atoms with Gasteiger partial charge in [-0.2, -0.15) is 5.10 Å². The number of hydrogen-bond acceptors (Lipinski definition) is 5. The number of morpholine rings is 1. The Morgan fingerprint density at radius 2 is 2.03 bits per heavy atom. The normalized spacial score (nSPS) is 24.7. The topological polar surface area (TPSA) is 68.6 Å². The zero-order valence-electron chi connectivity index (χ0n) is 20.0. The summed E-state index contributed by atoms with van der Waals surface area (Å²) in [6.07, 6.45) is 3.46. The summed E-state index contributed by atoms with van der Waals surface area (Å²) >= 11 is 0. The van der Waals surface area contributed by atoms with Crippen molar-refractivity contribution in [1.82, 2.24) is 20.0 Å². The van der Waals surface area contributed by atoms with Gasteiger partial charge in [0.2, 0.25) is 0 Å². The van der Waals surface area contributed by atoms with Crippen LogP contribution >= 0.6 is 0 Å². The van der Waals surface area contributed by atoms with E-state index < -0.39 is 0 Å². The highest BCUT2D eigenvalue weighted by Crippen LogP contribution is 2.34. The molecule has 0 unspecified atom stereocenters. The minimum Gasteiger partial charge on any atom is -0.494 e. The van der Waals surface area contributed by atoms with Crippen molar-refractivity contribution >= 4 is 16.8 Å². The third kappa shape index (κ3) is 4.94. The molecule has 1 aliphatic heterocycles. The van der Waals surface area contributed by atoms with E-state index >= 15 is 0 Å². The van der Waals surface area contributed by atoms with E-state index in [9.17, 15) is 4.79 Å². The van der Waals surface area contributed by atoms with Crippen LogP contribution in [-0.4, -0.2) is 66.6 Å². The average Bonchev–Trinajstić information content (AvgIpc) is 3.18. The summed E-state index contributed by atoms with van der Waals surface area (Å²) in [5.41, 5.74) is 1.39. The lowest BCUT2D eigenvalue weighted by molar-refractivity contribution is 0.0361. The van der Waals surface area contributed by atoms with Crippen LogP contribution in [0.3, 0.4) is 0 Å². The molecule has 176 valence electrons. The zero-order valence-corrected chi connectivity index (χ0v) is 20.0. The highest BCUT2D eigenvalue weighted by atomic mass is 16.5. The van der Waals surface area contributed by atoms with E-state index in [0.717, 1.165) is 62.3 Å². The summed E-state index contributed by atoms with van der Waals surface area (Å²) in [5.74, 6) is 2.47. The summed E-state index contributed by atoms with van der Waals surface area (Å²) in [5, 5.41) is 8.98. The Bertz CT molecular complexity index is 919. The fourth-order valence-corrected chi connectivity index (χ4v) is 5.16. The van der Waals surface area contributed by atoms with Crippen LogP contribution in [0.5, 0.6) is 5.75 Å². The average molecular weight is 443 g/mol. The largest absolute Gasteiger partial charge is 0.494 e. The van der Waals surface area contributed by atoms with Gasteiger partial charge in [0.15, 0.2) is 5.69 Å². The van der Waals surface area contributed by atoms with Crippen molar-refractivity contribution in [1.29, 1.82) is 0 Å². The molecule has 2 aromatic rings. The van der Waals surface area contributed by atoms with Crippen LogP contribution in [0.25, 0.3) is 10.9 Å². The van der Waals surface area contributed by atoms with Gasteiger partial charge >= 0.3 is 0 Å². The number of carbonyl (C=O) groups is 1. The molecule has 7 heteroatoms. The fraction of sp³-hybridized carbons (Fsp3) is 0.680. The number of aromatic nitrogens is 2. The van der Waals surface area contributed by atoms with Crippen molar-refractivity contribution in [2.45, 2.75) is 52.6 Å². The van der Waals surface area contributed by atoms with Crippen molar-refractivity contribution in [2.24, 2.45) is 17.8 Å². The van der Waals surface area contributed by atoms with Gasteiger partial charge in [-0.3, -0.25) is 14.4 Å². The molecule has 1 saturated heterocycles. The monoisotopic (exact) mass is 442 g/mol. The van der Waals surface area contributed by atoms with Gasteiger partial charge in [-0.15, -0.1) is 0 Å². The van der Waals surface area contributed by atoms with Gasteiger partial charge in [0.05, 0.1) is 26.9 Å². The number of carbonyl (C=O) groups excluding carboxylic acids is 1. The second-order valence-corrected chi connectivity index (χ2v) is 9.76. The predicted molar refractivity (Wildman–Crippen MR) is 126 cm³/mol. The molecule has 2 fully saturated rings. The molecule has 1 amide bonds. The van der Waals surface area contributed by atoms with Crippen molar-refractivity contribution < 1.29 is 14.3 Å². The number of fused-ring (bicyclic) bond motifs is 1. The first-order chi connectivity index (χ1) is 15.5. The Hall–Kier alpha value is -2.12. The molecule has 1 aromatic carbocycles. The molecule has 0 bridgehead atoms. The number of nitrogens with zero attached hydrogens (tertiary/aromatic N) is 3. The van der Waals surface area contributed by atoms with Crippen molar-refractivity contribution in [3.63, 3.8) is 0 Å². The van der Waals surface area contributed by atoms with Crippen LogP contribution in [0.15, 0.2) is 18.2 Å². The molecular weight excluding hydrogens is 404 g/mol. The lowest BCUT2D eigenvalue weighted by Gasteiger charge is -2.36. The smallest absolute Gasteiger partial charge is 0.272 e. The molecule has 2 aliphatic rings. The van der Waals surface area contributed by atoms with E-state index in [1.807, 2.05) is 22.9 Å². The number of para-hydroxylation sites is 1. The molecular formula is C25H38N4O3. The molecule has 4 rings (SSSR count). The lowest BCUT2D eigenvalue weighted by Crippen LogP contribution is -2.44. The van der Waals surface area contributed by atoms with Gasteiger partial charge in [0.1, 0.15) is 11.3 Å². The summed E-state index contributed by atoms with van der Waals surface area (Å²) in [6, 6.07) is 6.05. The molecule has 2 heterocycles. The second-order valence-electron chi connectivity index (χ2n) is 9.76. The maximum Gasteiger partial charge on any atom is 0.272 e. The Kier molecular flexibility index (Phi) is 7.36. The number of ether oxygens (including phenoxy) is 2. The van der Waals surface area contributed by atoms with Crippen LogP contribution < -0.4 is 10.1 Å². The third-order valence-corrected chi connectivity index (χ3v) is 7.40. The highest BCUT2D eigenvalue weighted by Gasteiger charge is 2.31. The van der Waals surface area contributed by atoms with Crippen LogP contribution in [0, 0.1) is 17.8 Å². The Labute approximate surface area is 191 Å². The second kappa shape index (κ2) is 10.2. The quantitative estimate of drug-likeness (QED) is 0.710. The van der Waals surface area contributed by atoms with Crippen LogP contribution in [0.2, 0.25) is 0 Å². The Morgan fingerprint density at radius 3 is 2.75 bits per heavy atom. The fourth-order valence-electron chi connectivity index (χ4n) is 5.16. The zero-order chi connectivity index (χ0) is 22.7. The van der Waals surface area contributed by atoms with Crippen molar-refractivity contribution in [2.75, 3.05) is 40.0 Å². The minimum absolute atomic E-state index is 0.0744. The number of methoxy groups -OCH3 is 1. The molecule has 3 atom stereocenters. The predicted octanol–water partition coefficient (Wildman–Crippen LogP) is 3.57. The first-order valence-electron chi connectivity index (χ1n) is 12.1. The van der Waals surface area contributed by atoms with E-state index in [2.05, 4.69) is 31.0 Å². The van der Waals surface area contributed by atoms with Crippen molar-refractivity contribution in [3.05, 3.63) is 23.9 Å². The maximum absolute atomic E-state index is 13.4. The summed E-state index contributed by atoms with van der Waals surface area (Å²) in [6.45, 7) is 11.8. The summed E-state index contributed by atoms with van der Waals surface area (Å²) < 4.78 is 13.0. The molecule has 1 aliphatic carbocycles. The number of hydrogen-bond donors (Lipinski definition) is 1. The molecule has 7 nitrogen and oxygen atoms in total. The number of amides is 1. The van der Waals surface area contributed by atoms with Crippen LogP contribution in [0.4, 0.5) is 0 Å². The standard InChI is InChI=1S/C25H38N4O3/c1-17(2)19-9-8-18(3)21(16-19)26-25(30)23-20-6-5-7-22(31-4)24(20)29(27-23)11-10-28-12-14-32-15-13-28/h5-7,17-19,21H,8-16H2,1-4H3,(H,26,30)/t18-,19-,21+/m0/s1. The SMILES string of the molecule is COc1cccc2c(C(=O)N[C@@H]3C[C@@H](C(C)C)CC[C@@H]3C)nn(CCN3CCOCC3)c12. The van der Waals surface area contributed by atoms with Gasteiger partial charge in [0.25, 0.3) is 5.91 Å². The Morgan fingerprint density at radius 1 is 1.25 bits per heavy atom. The molecule has 1 N–H and O–H groups in total. The minimum atomic E-state index is -0.0744. The van der Waals surface area contributed by atoms with E-state index in [1.54, 1.807) is 7.11 Å². The van der Waals surface area contributed by atoms with Gasteiger partial charge < -0.3 is 14.8 Å². The van der Waals surface area contributed by atoms with E-state index in [0.29, 0.717) is 30.0 Å². The van der Waals surface area contributed by atoms with Gasteiger partial charge in [0, 0.05) is 31.1 Å². The molecule has 0 spiro atoms. The molecule has 1 aromatic heterocycles. The van der Waals surface area contributed by atoms with E-state index in [1.165, 1.54) is 6.42 Å². The number of rotatable bonds is 7. The first-order valence-corrected chi connectivity index (χ1v) is 12.1. The van der Waals surface area contributed by atoms with E-state index in [4.69, 9.17) is 14.6 Å². The van der Waals surface area contributed by atoms with Gasteiger partial charge in [-0.1, -0.05) is 32.9 Å². The first kappa shape index (κ1) is 23.1. The third-order valence-electron chi connectivity index (χ3n) is 7.40. The Balaban J connectivity index is 1.56. The lowest BCUT2D eigenvalue weighted by atomic mass is 9.74. The van der Waals surface area contributed by atoms with Crippen LogP contribution in [-0.2, 0) is 11.3 Å². The number of nitrogens with one attached hydrogen (secondary N) is 1. The number of benzene rings is 1. The van der Waals surface area contributed by atoms with Gasteiger partial charge in [-0.05, 0) is 43.1 Å². The molecule has 0 radical (unpaired) electrons. The van der Waals surface area contributed by atoms with Crippen LogP contribution in [0.1, 0.15) is 50.5 Å². The molecule has 32 heavy (non-hydrogen) atoms. The maximum atomic E-state index is 13.4. The van der Waals surface area contributed by atoms with E-state index in [-0.39, 0.29) is 11.9 Å². The van der Waals surface area contributed by atoms with Crippen molar-refractivity contribution in [3.8, 4) is 5.75 Å². The summed E-state index contributed by atoms with van der Waals surface area (Å²) in [4.78, 5) is 15.8. The highest BCUT2D eigenvalue weighted by molar-refractivity contribution is 6.06.